The van der Waals surface area contributed by atoms with Crippen LogP contribution < -0.4 is 0 Å². The molecular formula is C12H11ClN2O4S. The van der Waals surface area contributed by atoms with Gasteiger partial charge in [0.25, 0.3) is 0 Å². The summed E-state index contributed by atoms with van der Waals surface area (Å²) in [4.78, 5) is 11.0. The minimum absolute atomic E-state index is 0.0406. The van der Waals surface area contributed by atoms with Crippen LogP contribution in [0.25, 0.3) is 0 Å². The van der Waals surface area contributed by atoms with E-state index in [1.165, 1.54) is 12.1 Å². The first-order chi connectivity index (χ1) is 9.37. The van der Waals surface area contributed by atoms with E-state index in [2.05, 4.69) is 0 Å². The zero-order valence-electron chi connectivity index (χ0n) is 10.3. The van der Waals surface area contributed by atoms with Crippen molar-refractivity contribution in [3.8, 4) is 6.07 Å². The van der Waals surface area contributed by atoms with E-state index in [0.29, 0.717) is 6.42 Å². The number of carbonyl (C=O) groups is 1. The van der Waals surface area contributed by atoms with Gasteiger partial charge >= 0.3 is 5.97 Å². The summed E-state index contributed by atoms with van der Waals surface area (Å²) in [6.07, 6.45) is 0.780. The number of hydrogen-bond donors (Lipinski definition) is 1. The number of benzene rings is 1. The number of nitrogens with zero attached hydrogens (tertiary/aromatic N) is 2. The molecule has 0 saturated carbocycles. The molecule has 0 radical (unpaired) electrons. The van der Waals surface area contributed by atoms with Gasteiger partial charge in [0.15, 0.2) is 0 Å². The highest BCUT2D eigenvalue weighted by Gasteiger charge is 2.39. The van der Waals surface area contributed by atoms with Gasteiger partial charge in [-0.25, -0.2) is 8.42 Å². The summed E-state index contributed by atoms with van der Waals surface area (Å²) in [7, 11) is -3.94. The van der Waals surface area contributed by atoms with Crippen LogP contribution in [-0.4, -0.2) is 36.4 Å². The number of halogens is 1. The van der Waals surface area contributed by atoms with Crippen LogP contribution in [0.4, 0.5) is 0 Å². The lowest BCUT2D eigenvalue weighted by molar-refractivity contribution is -0.140. The highest BCUT2D eigenvalue weighted by Crippen LogP contribution is 2.28. The van der Waals surface area contributed by atoms with Crippen LogP contribution in [0.1, 0.15) is 18.4 Å². The average Bonchev–Trinajstić information content (AvgIpc) is 2.89. The lowest BCUT2D eigenvalue weighted by Gasteiger charge is -2.21. The molecule has 1 aromatic carbocycles. The summed E-state index contributed by atoms with van der Waals surface area (Å²) >= 11 is 5.76. The van der Waals surface area contributed by atoms with Gasteiger partial charge in [-0.3, -0.25) is 4.79 Å². The fourth-order valence-corrected chi connectivity index (χ4v) is 4.00. The highest BCUT2D eigenvalue weighted by molar-refractivity contribution is 7.89. The van der Waals surface area contributed by atoms with Gasteiger partial charge in [0.05, 0.1) is 15.5 Å². The largest absolute Gasteiger partial charge is 0.480 e. The van der Waals surface area contributed by atoms with Gasteiger partial charge in [0.1, 0.15) is 12.1 Å². The summed E-state index contributed by atoms with van der Waals surface area (Å²) < 4.78 is 25.8. The molecule has 2 rings (SSSR count). The first-order valence-corrected chi connectivity index (χ1v) is 7.64. The summed E-state index contributed by atoms with van der Waals surface area (Å²) in [6.45, 7) is 0.157. The van der Waals surface area contributed by atoms with Gasteiger partial charge in [0.2, 0.25) is 10.0 Å². The topological polar surface area (TPSA) is 98.5 Å². The van der Waals surface area contributed by atoms with Gasteiger partial charge in [-0.1, -0.05) is 11.6 Å². The van der Waals surface area contributed by atoms with Crippen molar-refractivity contribution < 1.29 is 18.3 Å². The Hall–Kier alpha value is -1.62. The molecule has 0 bridgehead atoms. The Bertz CT molecular complexity index is 696. The minimum atomic E-state index is -3.94. The quantitative estimate of drug-likeness (QED) is 0.910. The predicted molar refractivity (Wildman–Crippen MR) is 70.7 cm³/mol. The number of hydrogen-bond acceptors (Lipinski definition) is 4. The monoisotopic (exact) mass is 314 g/mol. The lowest BCUT2D eigenvalue weighted by atomic mass is 10.2. The van der Waals surface area contributed by atoms with Crippen molar-refractivity contribution in [2.75, 3.05) is 6.54 Å². The van der Waals surface area contributed by atoms with Crippen molar-refractivity contribution in [3.05, 3.63) is 28.8 Å². The molecule has 1 atom stereocenters. The third-order valence-corrected chi connectivity index (χ3v) is 5.39. The molecule has 0 amide bonds. The molecule has 0 aliphatic carbocycles. The molecule has 0 aromatic heterocycles. The van der Waals surface area contributed by atoms with Crippen LogP contribution in [-0.2, 0) is 14.8 Å². The van der Waals surface area contributed by atoms with Gasteiger partial charge < -0.3 is 5.11 Å². The normalized spacial score (nSPS) is 19.7. The molecule has 0 spiro atoms. The van der Waals surface area contributed by atoms with Crippen LogP contribution in [0.5, 0.6) is 0 Å². The zero-order valence-corrected chi connectivity index (χ0v) is 11.9. The van der Waals surface area contributed by atoms with Gasteiger partial charge in [-0.2, -0.15) is 9.57 Å². The van der Waals surface area contributed by atoms with E-state index in [-0.39, 0.29) is 28.4 Å². The summed E-state index contributed by atoms with van der Waals surface area (Å²) in [5.74, 6) is -1.17. The molecule has 1 aliphatic heterocycles. The molecule has 1 heterocycles. The standard InChI is InChI=1S/C12H11ClN2O4S/c13-10-4-3-9(6-8(10)7-14)20(18,19)15-5-1-2-11(15)12(16)17/h3-4,6,11H,1-2,5H2,(H,16,17)/t11-/m0/s1. The van der Waals surface area contributed by atoms with Gasteiger partial charge in [-0.15, -0.1) is 0 Å². The van der Waals surface area contributed by atoms with Crippen LogP contribution in [0.2, 0.25) is 5.02 Å². The zero-order chi connectivity index (χ0) is 14.9. The molecule has 8 heteroatoms. The van der Waals surface area contributed by atoms with E-state index < -0.39 is 22.0 Å². The molecule has 1 aromatic rings. The fourth-order valence-electron chi connectivity index (χ4n) is 2.16. The number of aliphatic carboxylic acids is 1. The SMILES string of the molecule is N#Cc1cc(S(=O)(=O)N2CCC[C@H]2C(=O)O)ccc1Cl. The van der Waals surface area contributed by atoms with Crippen molar-refractivity contribution in [1.29, 1.82) is 5.26 Å². The Balaban J connectivity index is 2.46. The van der Waals surface area contributed by atoms with Crippen LogP contribution in [0.3, 0.4) is 0 Å². The van der Waals surface area contributed by atoms with Crippen LogP contribution in [0.15, 0.2) is 23.1 Å². The first-order valence-electron chi connectivity index (χ1n) is 5.82. The Morgan fingerprint density at radius 3 is 2.80 bits per heavy atom. The number of sulfonamides is 1. The first kappa shape index (κ1) is 14.8. The third kappa shape index (κ3) is 2.50. The lowest BCUT2D eigenvalue weighted by Crippen LogP contribution is -2.40. The Morgan fingerprint density at radius 1 is 1.50 bits per heavy atom. The maximum Gasteiger partial charge on any atom is 0.322 e. The molecular weight excluding hydrogens is 304 g/mol. The molecule has 20 heavy (non-hydrogen) atoms. The Morgan fingerprint density at radius 2 is 2.20 bits per heavy atom. The smallest absolute Gasteiger partial charge is 0.322 e. The Labute approximate surface area is 121 Å². The number of carboxylic acid groups (broad SMARTS) is 1. The summed E-state index contributed by atoms with van der Waals surface area (Å²) in [6, 6.07) is 4.50. The molecule has 1 saturated heterocycles. The highest BCUT2D eigenvalue weighted by atomic mass is 35.5. The maximum absolute atomic E-state index is 12.4. The maximum atomic E-state index is 12.4. The number of carboxylic acids is 1. The van der Waals surface area contributed by atoms with Crippen LogP contribution >= 0.6 is 11.6 Å². The van der Waals surface area contributed by atoms with Crippen LogP contribution in [0, 0.1) is 11.3 Å². The summed E-state index contributed by atoms with van der Waals surface area (Å²) in [5.41, 5.74) is 0.0406. The molecule has 1 aliphatic rings. The minimum Gasteiger partial charge on any atom is -0.480 e. The summed E-state index contributed by atoms with van der Waals surface area (Å²) in [5, 5.41) is 18.1. The molecule has 1 N–H and O–H groups in total. The fraction of sp³-hybridized carbons (Fsp3) is 0.333. The second kappa shape index (κ2) is 5.40. The van der Waals surface area contributed by atoms with E-state index in [1.54, 1.807) is 6.07 Å². The van der Waals surface area contributed by atoms with Crippen molar-refractivity contribution in [3.63, 3.8) is 0 Å². The van der Waals surface area contributed by atoms with Gasteiger partial charge in [0, 0.05) is 6.54 Å². The van der Waals surface area contributed by atoms with E-state index in [4.69, 9.17) is 22.0 Å². The molecule has 1 fully saturated rings. The van der Waals surface area contributed by atoms with Crippen molar-refractivity contribution in [2.45, 2.75) is 23.8 Å². The number of rotatable bonds is 3. The van der Waals surface area contributed by atoms with Gasteiger partial charge in [-0.05, 0) is 31.0 Å². The predicted octanol–water partition coefficient (Wildman–Crippen LogP) is 1.45. The third-order valence-electron chi connectivity index (χ3n) is 3.15. The van der Waals surface area contributed by atoms with E-state index >= 15 is 0 Å². The van der Waals surface area contributed by atoms with Crippen molar-refractivity contribution in [1.82, 2.24) is 4.31 Å². The Kier molecular flexibility index (Phi) is 3.99. The van der Waals surface area contributed by atoms with E-state index in [0.717, 1.165) is 10.4 Å². The molecule has 0 unspecified atom stereocenters. The average molecular weight is 315 g/mol. The molecule has 106 valence electrons. The van der Waals surface area contributed by atoms with E-state index in [1.807, 2.05) is 0 Å². The second-order valence-corrected chi connectivity index (χ2v) is 6.66. The number of nitriles is 1. The second-order valence-electron chi connectivity index (χ2n) is 4.37. The van der Waals surface area contributed by atoms with Crippen molar-refractivity contribution >= 4 is 27.6 Å². The molecule has 6 nitrogen and oxygen atoms in total. The van der Waals surface area contributed by atoms with Crippen molar-refractivity contribution in [2.24, 2.45) is 0 Å². The van der Waals surface area contributed by atoms with E-state index in [9.17, 15) is 13.2 Å².